The SMILES string of the molecule is CCC1CCC2CC(c3ccc4cc(C(=O)OC)cc(F)c4c3)CCC2C1. The van der Waals surface area contributed by atoms with E-state index in [0.29, 0.717) is 11.3 Å². The zero-order valence-electron chi connectivity index (χ0n) is 16.3. The average molecular weight is 368 g/mol. The van der Waals surface area contributed by atoms with Crippen LogP contribution in [0.3, 0.4) is 0 Å². The summed E-state index contributed by atoms with van der Waals surface area (Å²) in [5, 5.41) is 1.37. The molecule has 144 valence electrons. The first kappa shape index (κ1) is 18.5. The lowest BCUT2D eigenvalue weighted by atomic mass is 9.63. The van der Waals surface area contributed by atoms with Crippen LogP contribution < -0.4 is 0 Å². The minimum absolute atomic E-state index is 0.267. The molecule has 0 radical (unpaired) electrons. The van der Waals surface area contributed by atoms with E-state index in [-0.39, 0.29) is 11.4 Å². The van der Waals surface area contributed by atoms with E-state index in [1.54, 1.807) is 6.07 Å². The molecule has 0 aliphatic heterocycles. The molecule has 27 heavy (non-hydrogen) atoms. The van der Waals surface area contributed by atoms with Crippen LogP contribution in [0.2, 0.25) is 0 Å². The Balaban J connectivity index is 1.56. The molecular weight excluding hydrogens is 339 g/mol. The summed E-state index contributed by atoms with van der Waals surface area (Å²) in [5.74, 6) is 2.37. The van der Waals surface area contributed by atoms with E-state index in [1.807, 2.05) is 12.1 Å². The maximum atomic E-state index is 14.6. The highest BCUT2D eigenvalue weighted by Crippen LogP contribution is 2.48. The Morgan fingerprint density at radius 1 is 1.07 bits per heavy atom. The second kappa shape index (κ2) is 7.61. The molecule has 2 aromatic rings. The van der Waals surface area contributed by atoms with Gasteiger partial charge in [0.25, 0.3) is 0 Å². The molecule has 2 saturated carbocycles. The summed E-state index contributed by atoms with van der Waals surface area (Å²) in [7, 11) is 1.32. The number of halogens is 1. The molecule has 2 fully saturated rings. The number of fused-ring (bicyclic) bond motifs is 2. The number of methoxy groups -OCH3 is 1. The zero-order valence-corrected chi connectivity index (χ0v) is 16.3. The van der Waals surface area contributed by atoms with Gasteiger partial charge >= 0.3 is 5.97 Å². The van der Waals surface area contributed by atoms with Crippen molar-refractivity contribution in [3.8, 4) is 0 Å². The molecule has 0 N–H and O–H groups in total. The number of hydrogen-bond donors (Lipinski definition) is 0. The molecule has 2 nitrogen and oxygen atoms in total. The third-order valence-corrected chi connectivity index (χ3v) is 7.12. The summed E-state index contributed by atoms with van der Waals surface area (Å²) in [5.41, 5.74) is 1.52. The Hall–Kier alpha value is -1.90. The Kier molecular flexibility index (Phi) is 5.21. The molecule has 4 unspecified atom stereocenters. The van der Waals surface area contributed by atoms with E-state index < -0.39 is 5.97 Å². The van der Waals surface area contributed by atoms with Crippen LogP contribution in [0.25, 0.3) is 10.8 Å². The van der Waals surface area contributed by atoms with Crippen LogP contribution >= 0.6 is 0 Å². The van der Waals surface area contributed by atoms with Crippen LogP contribution in [0.15, 0.2) is 30.3 Å². The normalized spacial score (nSPS) is 28.0. The molecule has 0 bridgehead atoms. The Morgan fingerprint density at radius 3 is 2.63 bits per heavy atom. The van der Waals surface area contributed by atoms with Crippen LogP contribution in [0, 0.1) is 23.6 Å². The van der Waals surface area contributed by atoms with Gasteiger partial charge in [-0.2, -0.15) is 0 Å². The van der Waals surface area contributed by atoms with Gasteiger partial charge in [-0.25, -0.2) is 9.18 Å². The fourth-order valence-corrected chi connectivity index (χ4v) is 5.48. The van der Waals surface area contributed by atoms with Gasteiger partial charge in [-0.3, -0.25) is 0 Å². The molecule has 0 aromatic heterocycles. The first-order valence-corrected chi connectivity index (χ1v) is 10.4. The molecule has 2 aliphatic rings. The molecular formula is C24H29FO2. The minimum atomic E-state index is -0.499. The molecule has 3 heteroatoms. The number of ether oxygens (including phenoxy) is 1. The standard InChI is InChI=1S/C24H29FO2/c1-3-15-4-5-17-11-18(7-6-16(17)10-15)19-8-9-20-12-21(24(26)27-2)14-23(25)22(20)13-19/h8-9,12-18H,3-7,10-11H2,1-2H3. The molecule has 4 atom stereocenters. The molecule has 0 amide bonds. The molecule has 0 saturated heterocycles. The highest BCUT2D eigenvalue weighted by Gasteiger charge is 2.35. The van der Waals surface area contributed by atoms with Gasteiger partial charge in [-0.15, -0.1) is 0 Å². The smallest absolute Gasteiger partial charge is 0.337 e. The van der Waals surface area contributed by atoms with Gasteiger partial charge in [0.05, 0.1) is 12.7 Å². The van der Waals surface area contributed by atoms with E-state index in [9.17, 15) is 9.18 Å². The van der Waals surface area contributed by atoms with Gasteiger partial charge < -0.3 is 4.74 Å². The lowest BCUT2D eigenvalue weighted by molar-refractivity contribution is 0.0600. The van der Waals surface area contributed by atoms with Crippen LogP contribution in [0.5, 0.6) is 0 Å². The topological polar surface area (TPSA) is 26.3 Å². The predicted molar refractivity (Wildman–Crippen MR) is 106 cm³/mol. The van der Waals surface area contributed by atoms with Crippen molar-refractivity contribution < 1.29 is 13.9 Å². The first-order chi connectivity index (χ1) is 13.1. The summed E-state index contributed by atoms with van der Waals surface area (Å²) in [4.78, 5) is 11.7. The monoisotopic (exact) mass is 368 g/mol. The van der Waals surface area contributed by atoms with Crippen molar-refractivity contribution in [2.45, 2.75) is 57.8 Å². The van der Waals surface area contributed by atoms with Crippen LogP contribution in [0.1, 0.15) is 73.7 Å². The maximum absolute atomic E-state index is 14.6. The second-order valence-corrected chi connectivity index (χ2v) is 8.55. The summed E-state index contributed by atoms with van der Waals surface area (Å²) in [6, 6.07) is 9.11. The van der Waals surface area contributed by atoms with E-state index >= 15 is 0 Å². The van der Waals surface area contributed by atoms with Crippen LogP contribution in [-0.2, 0) is 4.74 Å². The molecule has 2 aliphatic carbocycles. The predicted octanol–water partition coefficient (Wildman–Crippen LogP) is 6.48. The minimum Gasteiger partial charge on any atom is -0.465 e. The van der Waals surface area contributed by atoms with Crippen molar-refractivity contribution in [1.82, 2.24) is 0 Å². The summed E-state index contributed by atoms with van der Waals surface area (Å²) in [6.45, 7) is 2.33. The van der Waals surface area contributed by atoms with Crippen LogP contribution in [-0.4, -0.2) is 13.1 Å². The van der Waals surface area contributed by atoms with Crippen LogP contribution in [0.4, 0.5) is 4.39 Å². The van der Waals surface area contributed by atoms with E-state index in [1.165, 1.54) is 63.7 Å². The zero-order chi connectivity index (χ0) is 19.0. The van der Waals surface area contributed by atoms with Crippen molar-refractivity contribution in [1.29, 1.82) is 0 Å². The number of carbonyl (C=O) groups excluding carboxylic acids is 1. The number of benzene rings is 2. The Labute approximate surface area is 161 Å². The highest BCUT2D eigenvalue weighted by molar-refractivity contribution is 5.95. The van der Waals surface area contributed by atoms with Crippen molar-refractivity contribution in [2.24, 2.45) is 17.8 Å². The summed E-state index contributed by atoms with van der Waals surface area (Å²) < 4.78 is 19.4. The first-order valence-electron chi connectivity index (χ1n) is 10.4. The van der Waals surface area contributed by atoms with Gasteiger partial charge in [0.1, 0.15) is 5.82 Å². The number of esters is 1. The Morgan fingerprint density at radius 2 is 1.85 bits per heavy atom. The Bertz CT molecular complexity index is 844. The summed E-state index contributed by atoms with van der Waals surface area (Å²) >= 11 is 0. The third kappa shape index (κ3) is 3.61. The molecule has 0 spiro atoms. The largest absolute Gasteiger partial charge is 0.465 e. The van der Waals surface area contributed by atoms with Gasteiger partial charge in [0.15, 0.2) is 0 Å². The van der Waals surface area contributed by atoms with Crippen molar-refractivity contribution in [3.63, 3.8) is 0 Å². The fourth-order valence-electron chi connectivity index (χ4n) is 5.48. The van der Waals surface area contributed by atoms with Crippen molar-refractivity contribution >= 4 is 16.7 Å². The second-order valence-electron chi connectivity index (χ2n) is 8.55. The highest BCUT2D eigenvalue weighted by atomic mass is 19.1. The molecule has 0 heterocycles. The van der Waals surface area contributed by atoms with Gasteiger partial charge in [0.2, 0.25) is 0 Å². The van der Waals surface area contributed by atoms with Gasteiger partial charge in [-0.05, 0) is 84.9 Å². The number of rotatable bonds is 3. The number of carbonyl (C=O) groups is 1. The summed E-state index contributed by atoms with van der Waals surface area (Å²) in [6.07, 6.45) is 9.25. The van der Waals surface area contributed by atoms with Crippen molar-refractivity contribution in [2.75, 3.05) is 7.11 Å². The molecule has 2 aromatic carbocycles. The van der Waals surface area contributed by atoms with E-state index in [4.69, 9.17) is 4.74 Å². The maximum Gasteiger partial charge on any atom is 0.337 e. The van der Waals surface area contributed by atoms with Crippen molar-refractivity contribution in [3.05, 3.63) is 47.3 Å². The lowest BCUT2D eigenvalue weighted by Gasteiger charge is -2.42. The molecule has 4 rings (SSSR count). The van der Waals surface area contributed by atoms with Gasteiger partial charge in [0, 0.05) is 5.39 Å². The van der Waals surface area contributed by atoms with E-state index in [2.05, 4.69) is 13.0 Å². The lowest BCUT2D eigenvalue weighted by Crippen LogP contribution is -2.30. The van der Waals surface area contributed by atoms with E-state index in [0.717, 1.165) is 23.1 Å². The van der Waals surface area contributed by atoms with Gasteiger partial charge in [-0.1, -0.05) is 31.9 Å². The third-order valence-electron chi connectivity index (χ3n) is 7.12. The average Bonchev–Trinajstić information content (AvgIpc) is 2.72. The fraction of sp³-hybridized carbons (Fsp3) is 0.542. The number of hydrogen-bond acceptors (Lipinski definition) is 2. The quantitative estimate of drug-likeness (QED) is 0.580.